The number of hydrogen-bond acceptors (Lipinski definition) is 3. The summed E-state index contributed by atoms with van der Waals surface area (Å²) in [5, 5.41) is 3.42. The summed E-state index contributed by atoms with van der Waals surface area (Å²) < 4.78 is 14.1. The third-order valence-electron chi connectivity index (χ3n) is 4.43. The molecule has 2 amide bonds. The van der Waals surface area contributed by atoms with Gasteiger partial charge in [-0.2, -0.15) is 0 Å². The molecule has 0 saturated heterocycles. The number of nitrogens with zero attached hydrogens (tertiary/aromatic N) is 1. The third kappa shape index (κ3) is 7.37. The van der Waals surface area contributed by atoms with Gasteiger partial charge in [0.2, 0.25) is 11.8 Å². The van der Waals surface area contributed by atoms with Crippen molar-refractivity contribution in [3.8, 4) is 0 Å². The summed E-state index contributed by atoms with van der Waals surface area (Å²) >= 11 is 7.53. The fraction of sp³-hybridized carbons (Fsp3) is 0.364. The Morgan fingerprint density at radius 1 is 1.17 bits per heavy atom. The van der Waals surface area contributed by atoms with Crippen LogP contribution in [0.2, 0.25) is 5.02 Å². The zero-order valence-electron chi connectivity index (χ0n) is 16.7. The van der Waals surface area contributed by atoms with Crippen molar-refractivity contribution in [1.29, 1.82) is 0 Å². The minimum atomic E-state index is -0.675. The Bertz CT molecular complexity index is 817. The molecule has 0 bridgehead atoms. The highest BCUT2D eigenvalue weighted by Gasteiger charge is 2.26. The number of likely N-dealkylation sites (N-methyl/N-ethyl adjacent to an activating group) is 1. The second-order valence-electron chi connectivity index (χ2n) is 6.59. The van der Waals surface area contributed by atoms with Gasteiger partial charge in [0.15, 0.2) is 0 Å². The molecule has 1 atom stereocenters. The highest BCUT2D eigenvalue weighted by molar-refractivity contribution is 7.99. The number of thioether (sulfide) groups is 1. The summed E-state index contributed by atoms with van der Waals surface area (Å²) in [6, 6.07) is 13.2. The van der Waals surface area contributed by atoms with Crippen molar-refractivity contribution in [3.05, 3.63) is 64.9 Å². The highest BCUT2D eigenvalue weighted by Crippen LogP contribution is 2.22. The molecule has 0 radical (unpaired) electrons. The van der Waals surface area contributed by atoms with E-state index in [2.05, 4.69) is 5.32 Å². The van der Waals surface area contributed by atoms with Crippen LogP contribution in [0, 0.1) is 5.82 Å². The molecule has 156 valence electrons. The SMILES string of the molecule is CCNC(=O)C(C)N(Cc1ccccc1F)C(=O)CCCSc1ccc(Cl)cc1. The number of hydrogen-bond donors (Lipinski definition) is 1. The molecule has 0 saturated carbocycles. The lowest BCUT2D eigenvalue weighted by Gasteiger charge is -2.29. The molecule has 29 heavy (non-hydrogen) atoms. The average molecular weight is 437 g/mol. The maximum atomic E-state index is 14.1. The van der Waals surface area contributed by atoms with Gasteiger partial charge >= 0.3 is 0 Å². The van der Waals surface area contributed by atoms with Gasteiger partial charge in [-0.3, -0.25) is 9.59 Å². The van der Waals surface area contributed by atoms with Gasteiger partial charge in [-0.1, -0.05) is 29.8 Å². The van der Waals surface area contributed by atoms with Gasteiger partial charge < -0.3 is 10.2 Å². The van der Waals surface area contributed by atoms with Crippen molar-refractivity contribution in [2.24, 2.45) is 0 Å². The van der Waals surface area contributed by atoms with E-state index in [-0.39, 0.29) is 24.2 Å². The quantitative estimate of drug-likeness (QED) is 0.425. The van der Waals surface area contributed by atoms with Crippen LogP contribution in [0.15, 0.2) is 53.4 Å². The van der Waals surface area contributed by atoms with Gasteiger partial charge in [0.25, 0.3) is 0 Å². The molecule has 0 aliphatic carbocycles. The van der Waals surface area contributed by atoms with Crippen molar-refractivity contribution >= 4 is 35.2 Å². The molecule has 0 spiro atoms. The van der Waals surface area contributed by atoms with E-state index < -0.39 is 6.04 Å². The number of nitrogens with one attached hydrogen (secondary N) is 1. The first-order valence-electron chi connectivity index (χ1n) is 9.61. The summed E-state index contributed by atoms with van der Waals surface area (Å²) in [5.74, 6) is -0.0284. The number of carbonyl (C=O) groups is 2. The van der Waals surface area contributed by atoms with Crippen LogP contribution in [0.25, 0.3) is 0 Å². The number of amides is 2. The normalized spacial score (nSPS) is 11.7. The van der Waals surface area contributed by atoms with Crippen molar-refractivity contribution in [1.82, 2.24) is 10.2 Å². The summed E-state index contributed by atoms with van der Waals surface area (Å²) in [6.45, 7) is 4.03. The fourth-order valence-corrected chi connectivity index (χ4v) is 3.78. The largest absolute Gasteiger partial charge is 0.355 e. The van der Waals surface area contributed by atoms with Crippen LogP contribution >= 0.6 is 23.4 Å². The molecule has 1 N–H and O–H groups in total. The van der Waals surface area contributed by atoms with Crippen LogP contribution in [-0.4, -0.2) is 35.1 Å². The molecule has 1 unspecified atom stereocenters. The van der Waals surface area contributed by atoms with E-state index in [0.717, 1.165) is 10.6 Å². The van der Waals surface area contributed by atoms with Gasteiger partial charge in [0, 0.05) is 35.0 Å². The Kier molecular flexibility index (Phi) is 9.48. The maximum Gasteiger partial charge on any atom is 0.242 e. The van der Waals surface area contributed by atoms with Gasteiger partial charge in [0.05, 0.1) is 0 Å². The Morgan fingerprint density at radius 3 is 2.52 bits per heavy atom. The van der Waals surface area contributed by atoms with E-state index in [4.69, 9.17) is 11.6 Å². The number of rotatable bonds is 10. The molecule has 0 aliphatic heterocycles. The van der Waals surface area contributed by atoms with Crippen LogP contribution in [0.1, 0.15) is 32.3 Å². The molecule has 0 fully saturated rings. The Hall–Kier alpha value is -2.05. The average Bonchev–Trinajstić information content (AvgIpc) is 2.71. The third-order valence-corrected chi connectivity index (χ3v) is 5.78. The molecule has 4 nitrogen and oxygen atoms in total. The van der Waals surface area contributed by atoms with Crippen LogP contribution in [0.3, 0.4) is 0 Å². The zero-order valence-corrected chi connectivity index (χ0v) is 18.2. The standard InChI is InChI=1S/C22H26ClFN2O2S/c1-3-25-22(28)16(2)26(15-17-7-4-5-8-20(17)24)21(27)9-6-14-29-19-12-10-18(23)11-13-19/h4-5,7-8,10-13,16H,3,6,9,14-15H2,1-2H3,(H,25,28). The Balaban J connectivity index is 1.98. The number of benzene rings is 2. The Labute approximate surface area is 180 Å². The van der Waals surface area contributed by atoms with Gasteiger partial charge in [-0.05, 0) is 56.4 Å². The summed E-state index contributed by atoms with van der Waals surface area (Å²) in [4.78, 5) is 27.7. The Morgan fingerprint density at radius 2 is 1.86 bits per heavy atom. The van der Waals surface area contributed by atoms with Gasteiger partial charge in [-0.25, -0.2) is 4.39 Å². The summed E-state index contributed by atoms with van der Waals surface area (Å²) in [7, 11) is 0. The van der Waals surface area contributed by atoms with Crippen LogP contribution in [0.4, 0.5) is 4.39 Å². The van der Waals surface area contributed by atoms with Gasteiger partial charge in [0.1, 0.15) is 11.9 Å². The second kappa shape index (κ2) is 11.8. The van der Waals surface area contributed by atoms with Gasteiger partial charge in [-0.15, -0.1) is 11.8 Å². The van der Waals surface area contributed by atoms with Crippen LogP contribution in [-0.2, 0) is 16.1 Å². The van der Waals surface area contributed by atoms with Crippen molar-refractivity contribution in [2.75, 3.05) is 12.3 Å². The zero-order chi connectivity index (χ0) is 21.2. The second-order valence-corrected chi connectivity index (χ2v) is 8.19. The lowest BCUT2D eigenvalue weighted by atomic mass is 10.1. The predicted octanol–water partition coefficient (Wildman–Crippen LogP) is 4.90. The topological polar surface area (TPSA) is 49.4 Å². The maximum absolute atomic E-state index is 14.1. The molecular weight excluding hydrogens is 411 g/mol. The van der Waals surface area contributed by atoms with E-state index in [1.807, 2.05) is 31.2 Å². The lowest BCUT2D eigenvalue weighted by Crippen LogP contribution is -2.47. The predicted molar refractivity (Wildman–Crippen MR) is 117 cm³/mol. The first-order chi connectivity index (χ1) is 13.9. The number of halogens is 2. The van der Waals surface area contributed by atoms with Crippen molar-refractivity contribution in [2.45, 2.75) is 44.2 Å². The monoisotopic (exact) mass is 436 g/mol. The van der Waals surface area contributed by atoms with Crippen LogP contribution < -0.4 is 5.32 Å². The molecule has 0 heterocycles. The smallest absolute Gasteiger partial charge is 0.242 e. The fourth-order valence-electron chi connectivity index (χ4n) is 2.80. The minimum Gasteiger partial charge on any atom is -0.355 e. The minimum absolute atomic E-state index is 0.0636. The molecule has 0 aliphatic rings. The van der Waals surface area contributed by atoms with E-state index in [9.17, 15) is 14.0 Å². The van der Waals surface area contributed by atoms with E-state index in [0.29, 0.717) is 30.0 Å². The van der Waals surface area contributed by atoms with Crippen molar-refractivity contribution < 1.29 is 14.0 Å². The molecule has 2 aromatic carbocycles. The molecule has 2 rings (SSSR count). The van der Waals surface area contributed by atoms with Crippen molar-refractivity contribution in [3.63, 3.8) is 0 Å². The highest BCUT2D eigenvalue weighted by atomic mass is 35.5. The van der Waals surface area contributed by atoms with Crippen LogP contribution in [0.5, 0.6) is 0 Å². The first-order valence-corrected chi connectivity index (χ1v) is 11.0. The van der Waals surface area contributed by atoms with E-state index in [1.165, 1.54) is 11.0 Å². The molecule has 0 aromatic heterocycles. The summed E-state index contributed by atoms with van der Waals surface area (Å²) in [6.07, 6.45) is 0.945. The first kappa shape index (κ1) is 23.2. The molecule has 7 heteroatoms. The van der Waals surface area contributed by atoms with E-state index >= 15 is 0 Å². The molecular formula is C22H26ClFN2O2S. The van der Waals surface area contributed by atoms with E-state index in [1.54, 1.807) is 36.9 Å². The number of carbonyl (C=O) groups excluding carboxylic acids is 2. The lowest BCUT2D eigenvalue weighted by molar-refractivity contribution is -0.140. The summed E-state index contributed by atoms with van der Waals surface area (Å²) in [5.41, 5.74) is 0.396. The molecule has 2 aromatic rings.